The van der Waals surface area contributed by atoms with Gasteiger partial charge in [0.1, 0.15) is 0 Å². The van der Waals surface area contributed by atoms with E-state index in [1.54, 1.807) is 31.2 Å². The standard InChI is InChI=1S/C17H23ClN2O3/c1-3-23-17(22)13-6-5-9-20(11-13)12(2)16(21)19-15-8-4-7-14(18)10-15/h4,7-8,10,12-13H,3,5-6,9,11H2,1-2H3,(H,19,21). The molecule has 0 aliphatic carbocycles. The largest absolute Gasteiger partial charge is 0.466 e. The molecule has 2 rings (SSSR count). The van der Waals surface area contributed by atoms with Crippen molar-refractivity contribution in [3.8, 4) is 0 Å². The van der Waals surface area contributed by atoms with E-state index in [9.17, 15) is 9.59 Å². The van der Waals surface area contributed by atoms with E-state index in [-0.39, 0.29) is 23.8 Å². The maximum Gasteiger partial charge on any atom is 0.310 e. The summed E-state index contributed by atoms with van der Waals surface area (Å²) in [5, 5.41) is 3.45. The Hall–Kier alpha value is -1.59. The lowest BCUT2D eigenvalue weighted by Crippen LogP contribution is -2.48. The van der Waals surface area contributed by atoms with Crippen LogP contribution in [0.4, 0.5) is 5.69 Å². The van der Waals surface area contributed by atoms with E-state index in [0.29, 0.717) is 23.9 Å². The summed E-state index contributed by atoms with van der Waals surface area (Å²) in [6, 6.07) is 6.75. The van der Waals surface area contributed by atoms with Gasteiger partial charge in [-0.3, -0.25) is 14.5 Å². The van der Waals surface area contributed by atoms with Crippen LogP contribution in [0.3, 0.4) is 0 Å². The van der Waals surface area contributed by atoms with Crippen LogP contribution in [-0.2, 0) is 14.3 Å². The lowest BCUT2D eigenvalue weighted by atomic mass is 9.97. The minimum Gasteiger partial charge on any atom is -0.466 e. The number of anilines is 1. The molecule has 2 unspecified atom stereocenters. The van der Waals surface area contributed by atoms with Crippen LogP contribution >= 0.6 is 11.6 Å². The number of halogens is 1. The van der Waals surface area contributed by atoms with Crippen molar-refractivity contribution in [2.24, 2.45) is 5.92 Å². The monoisotopic (exact) mass is 338 g/mol. The molecule has 23 heavy (non-hydrogen) atoms. The fourth-order valence-electron chi connectivity index (χ4n) is 2.79. The first kappa shape index (κ1) is 17.8. The van der Waals surface area contributed by atoms with Gasteiger partial charge in [-0.05, 0) is 51.4 Å². The topological polar surface area (TPSA) is 58.6 Å². The van der Waals surface area contributed by atoms with Gasteiger partial charge in [-0.15, -0.1) is 0 Å². The van der Waals surface area contributed by atoms with Crippen molar-refractivity contribution >= 4 is 29.2 Å². The maximum absolute atomic E-state index is 12.4. The summed E-state index contributed by atoms with van der Waals surface area (Å²) in [4.78, 5) is 26.3. The average molecular weight is 339 g/mol. The third-order valence-corrected chi connectivity index (χ3v) is 4.33. The van der Waals surface area contributed by atoms with Gasteiger partial charge in [-0.25, -0.2) is 0 Å². The molecule has 5 nitrogen and oxygen atoms in total. The first-order valence-corrected chi connectivity index (χ1v) is 8.36. The molecule has 1 aliphatic rings. The highest BCUT2D eigenvalue weighted by molar-refractivity contribution is 6.30. The number of piperidine rings is 1. The molecule has 1 aromatic carbocycles. The van der Waals surface area contributed by atoms with Crippen LogP contribution in [0, 0.1) is 5.92 Å². The van der Waals surface area contributed by atoms with Gasteiger partial charge in [0.05, 0.1) is 18.6 Å². The van der Waals surface area contributed by atoms with Gasteiger partial charge in [0.2, 0.25) is 5.91 Å². The summed E-state index contributed by atoms with van der Waals surface area (Å²) >= 11 is 5.93. The molecule has 0 bridgehead atoms. The Morgan fingerprint density at radius 2 is 2.26 bits per heavy atom. The lowest BCUT2D eigenvalue weighted by molar-refractivity contribution is -0.150. The fourth-order valence-corrected chi connectivity index (χ4v) is 2.98. The first-order chi connectivity index (χ1) is 11.0. The Balaban J connectivity index is 1.94. The summed E-state index contributed by atoms with van der Waals surface area (Å²) in [5.41, 5.74) is 0.674. The minimum atomic E-state index is -0.314. The third-order valence-electron chi connectivity index (χ3n) is 4.09. The molecule has 2 atom stereocenters. The van der Waals surface area contributed by atoms with Gasteiger partial charge in [-0.1, -0.05) is 17.7 Å². The van der Waals surface area contributed by atoms with Gasteiger partial charge in [-0.2, -0.15) is 0 Å². The third kappa shape index (κ3) is 4.94. The normalized spacial score (nSPS) is 19.9. The summed E-state index contributed by atoms with van der Waals surface area (Å²) < 4.78 is 5.10. The number of rotatable bonds is 5. The van der Waals surface area contributed by atoms with E-state index in [1.807, 2.05) is 11.8 Å². The smallest absolute Gasteiger partial charge is 0.310 e. The number of likely N-dealkylation sites (tertiary alicyclic amines) is 1. The predicted molar refractivity (Wildman–Crippen MR) is 90.5 cm³/mol. The van der Waals surface area contributed by atoms with Crippen LogP contribution in [0.1, 0.15) is 26.7 Å². The Morgan fingerprint density at radius 3 is 2.96 bits per heavy atom. The number of carbonyl (C=O) groups excluding carboxylic acids is 2. The maximum atomic E-state index is 12.4. The van der Waals surface area contributed by atoms with Crippen LogP contribution in [0.15, 0.2) is 24.3 Å². The van der Waals surface area contributed by atoms with Crippen molar-refractivity contribution in [2.75, 3.05) is 25.0 Å². The van der Waals surface area contributed by atoms with E-state index in [4.69, 9.17) is 16.3 Å². The number of esters is 1. The Kier molecular flexibility index (Phi) is 6.42. The van der Waals surface area contributed by atoms with Crippen LogP contribution in [0.5, 0.6) is 0 Å². The van der Waals surface area contributed by atoms with Gasteiger partial charge in [0, 0.05) is 17.3 Å². The second-order valence-electron chi connectivity index (χ2n) is 5.76. The van der Waals surface area contributed by atoms with Crippen molar-refractivity contribution in [3.05, 3.63) is 29.3 Å². The summed E-state index contributed by atoms with van der Waals surface area (Å²) in [5.74, 6) is -0.415. The number of hydrogen-bond acceptors (Lipinski definition) is 4. The fraction of sp³-hybridized carbons (Fsp3) is 0.529. The van der Waals surface area contributed by atoms with E-state index in [1.165, 1.54) is 0 Å². The second kappa shape index (κ2) is 8.31. The van der Waals surface area contributed by atoms with Crippen molar-refractivity contribution in [2.45, 2.75) is 32.7 Å². The van der Waals surface area contributed by atoms with Crippen molar-refractivity contribution in [3.63, 3.8) is 0 Å². The molecule has 0 aromatic heterocycles. The number of ether oxygens (including phenoxy) is 1. The molecule has 1 aliphatic heterocycles. The molecular formula is C17H23ClN2O3. The highest BCUT2D eigenvalue weighted by Crippen LogP contribution is 2.21. The minimum absolute atomic E-state index is 0.100. The molecule has 1 N–H and O–H groups in total. The van der Waals surface area contributed by atoms with Crippen molar-refractivity contribution in [1.82, 2.24) is 4.90 Å². The molecule has 0 saturated carbocycles. The van der Waals surface area contributed by atoms with Crippen LogP contribution < -0.4 is 5.32 Å². The van der Waals surface area contributed by atoms with Gasteiger partial charge in [0.25, 0.3) is 0 Å². The Morgan fingerprint density at radius 1 is 1.48 bits per heavy atom. The van der Waals surface area contributed by atoms with Crippen molar-refractivity contribution < 1.29 is 14.3 Å². The molecular weight excluding hydrogens is 316 g/mol. The lowest BCUT2D eigenvalue weighted by Gasteiger charge is -2.35. The molecule has 1 aromatic rings. The number of nitrogens with zero attached hydrogens (tertiary/aromatic N) is 1. The molecule has 6 heteroatoms. The quantitative estimate of drug-likeness (QED) is 0.839. The molecule has 0 radical (unpaired) electrons. The SMILES string of the molecule is CCOC(=O)C1CCCN(C(C)C(=O)Nc2cccc(Cl)c2)C1. The number of hydrogen-bond donors (Lipinski definition) is 1. The van der Waals surface area contributed by atoms with E-state index in [2.05, 4.69) is 5.32 Å². The molecule has 1 heterocycles. The molecule has 1 fully saturated rings. The van der Waals surface area contributed by atoms with E-state index < -0.39 is 0 Å². The highest BCUT2D eigenvalue weighted by atomic mass is 35.5. The Bertz CT molecular complexity index is 565. The van der Waals surface area contributed by atoms with Crippen LogP contribution in [0.2, 0.25) is 5.02 Å². The van der Waals surface area contributed by atoms with Crippen molar-refractivity contribution in [1.29, 1.82) is 0 Å². The molecule has 1 amide bonds. The number of amides is 1. The number of benzene rings is 1. The van der Waals surface area contributed by atoms with Crippen LogP contribution in [0.25, 0.3) is 0 Å². The molecule has 1 saturated heterocycles. The summed E-state index contributed by atoms with van der Waals surface area (Å²) in [7, 11) is 0. The molecule has 126 valence electrons. The van der Waals surface area contributed by atoms with Gasteiger partial charge >= 0.3 is 5.97 Å². The average Bonchev–Trinajstić information content (AvgIpc) is 2.54. The predicted octanol–water partition coefficient (Wildman–Crippen LogP) is 2.94. The summed E-state index contributed by atoms with van der Waals surface area (Å²) in [6.45, 7) is 5.41. The zero-order valence-electron chi connectivity index (χ0n) is 13.5. The summed E-state index contributed by atoms with van der Waals surface area (Å²) in [6.07, 6.45) is 1.70. The first-order valence-electron chi connectivity index (χ1n) is 7.98. The second-order valence-corrected chi connectivity index (χ2v) is 6.20. The highest BCUT2D eigenvalue weighted by Gasteiger charge is 2.31. The van der Waals surface area contributed by atoms with Gasteiger partial charge < -0.3 is 10.1 Å². The number of nitrogens with one attached hydrogen (secondary N) is 1. The van der Waals surface area contributed by atoms with Gasteiger partial charge in [0.15, 0.2) is 0 Å². The van der Waals surface area contributed by atoms with Crippen LogP contribution in [-0.4, -0.2) is 42.5 Å². The zero-order valence-corrected chi connectivity index (χ0v) is 14.3. The van der Waals surface area contributed by atoms with E-state index in [0.717, 1.165) is 19.4 Å². The van der Waals surface area contributed by atoms with E-state index >= 15 is 0 Å². The number of carbonyl (C=O) groups is 2. The Labute approximate surface area is 141 Å². The molecule has 0 spiro atoms. The zero-order chi connectivity index (χ0) is 16.8.